The summed E-state index contributed by atoms with van der Waals surface area (Å²) in [6.45, 7) is 5.52. The van der Waals surface area contributed by atoms with Crippen LogP contribution in [0.4, 0.5) is 26.2 Å². The summed E-state index contributed by atoms with van der Waals surface area (Å²) in [6.07, 6.45) is 7.02. The van der Waals surface area contributed by atoms with Gasteiger partial charge in [-0.15, -0.1) is 0 Å². The molecule has 3 aromatic rings. The molecule has 10 nitrogen and oxygen atoms in total. The highest BCUT2D eigenvalue weighted by Gasteiger charge is 2.42. The number of anilines is 3. The molecule has 2 atom stereocenters. The Morgan fingerprint density at radius 2 is 1.89 bits per heavy atom. The second-order valence-electron chi connectivity index (χ2n) is 11.0. The molecule has 2 N–H and O–H groups in total. The van der Waals surface area contributed by atoms with Crippen LogP contribution in [0, 0.1) is 11.6 Å². The third-order valence-corrected chi connectivity index (χ3v) is 8.00. The minimum absolute atomic E-state index is 0.0545. The molecule has 0 radical (unpaired) electrons. The maximum atomic E-state index is 15.1. The van der Waals surface area contributed by atoms with Crippen LogP contribution < -0.4 is 16.3 Å². The van der Waals surface area contributed by atoms with Gasteiger partial charge in [0, 0.05) is 31.2 Å². The summed E-state index contributed by atoms with van der Waals surface area (Å²) in [7, 11) is 1.50. The predicted molar refractivity (Wildman–Crippen MR) is 134 cm³/mol. The lowest BCUT2D eigenvalue weighted by molar-refractivity contribution is 0.0920. The smallest absolute Gasteiger partial charge is 0.365 e. The second kappa shape index (κ2) is 8.86. The van der Waals surface area contributed by atoms with Crippen molar-refractivity contribution >= 4 is 17.5 Å². The summed E-state index contributed by atoms with van der Waals surface area (Å²) in [5.41, 5.74) is 1.00. The molecule has 2 aromatic heterocycles. The number of hydrogen-bond acceptors (Lipinski definition) is 8. The molecule has 0 amide bonds. The maximum absolute atomic E-state index is 15.1. The van der Waals surface area contributed by atoms with Gasteiger partial charge in [-0.05, 0) is 86.4 Å². The largest absolute Gasteiger partial charge is 0.368 e. The molecular weight excluding hydrogens is 480 g/mol. The lowest BCUT2D eigenvalue weighted by Gasteiger charge is -2.42. The van der Waals surface area contributed by atoms with Gasteiger partial charge in [0.15, 0.2) is 11.6 Å². The first-order valence-corrected chi connectivity index (χ1v) is 12.9. The SMILES string of the molecule is Cn1nnn(-c2cc(Nc3ncc(F)c(N[C@H]4CCN5C(CCC5(C)C)C4)n3)c(F)cc2C2CC2)c1=O. The minimum Gasteiger partial charge on any atom is -0.365 e. The van der Waals surface area contributed by atoms with Crippen LogP contribution in [0.25, 0.3) is 5.69 Å². The van der Waals surface area contributed by atoms with Crippen molar-refractivity contribution in [3.05, 3.63) is 46.0 Å². The van der Waals surface area contributed by atoms with Crippen molar-refractivity contribution in [1.82, 2.24) is 34.7 Å². The number of halogens is 2. The summed E-state index contributed by atoms with van der Waals surface area (Å²) in [5, 5.41) is 13.8. The number of benzene rings is 1. The quantitative estimate of drug-likeness (QED) is 0.518. The maximum Gasteiger partial charge on any atom is 0.368 e. The van der Waals surface area contributed by atoms with E-state index in [-0.39, 0.29) is 35.0 Å². The molecular formula is C25H31F2N9O. The summed E-state index contributed by atoms with van der Waals surface area (Å²) in [6, 6.07) is 3.50. The molecule has 0 spiro atoms. The fourth-order valence-electron chi connectivity index (χ4n) is 5.80. The third kappa shape index (κ3) is 4.47. The highest BCUT2D eigenvalue weighted by Crippen LogP contribution is 2.44. The highest BCUT2D eigenvalue weighted by atomic mass is 19.1. The Kier molecular flexibility index (Phi) is 5.74. The number of rotatable bonds is 6. The average molecular weight is 512 g/mol. The summed E-state index contributed by atoms with van der Waals surface area (Å²) >= 11 is 0. The Morgan fingerprint density at radius 1 is 1.08 bits per heavy atom. The van der Waals surface area contributed by atoms with Crippen molar-refractivity contribution in [2.24, 2.45) is 7.05 Å². The lowest BCUT2D eigenvalue weighted by atomic mass is 9.97. The van der Waals surface area contributed by atoms with E-state index in [1.54, 1.807) is 0 Å². The molecule has 3 fully saturated rings. The lowest BCUT2D eigenvalue weighted by Crippen LogP contribution is -2.50. The van der Waals surface area contributed by atoms with Crippen molar-refractivity contribution < 1.29 is 8.78 Å². The first-order chi connectivity index (χ1) is 17.7. The summed E-state index contributed by atoms with van der Waals surface area (Å²) < 4.78 is 32.1. The standard InChI is InChI=1S/C25H31F2N9O/c1-25(2)8-6-16-10-15(7-9-35(16)25)29-22-19(27)13-28-23(31-22)30-20-12-21(36-24(37)34(3)32-33-36)17(11-18(20)26)14-4-5-14/h11-16H,4-10H2,1-3H3,(H2,28,29,30,31)/t15-,16?/m0/s1. The Morgan fingerprint density at radius 3 is 2.62 bits per heavy atom. The Hall–Kier alpha value is -3.41. The molecule has 0 bridgehead atoms. The third-order valence-electron chi connectivity index (χ3n) is 8.00. The van der Waals surface area contributed by atoms with Gasteiger partial charge in [0.05, 0.1) is 17.6 Å². The number of piperidine rings is 1. The molecule has 196 valence electrons. The molecule has 4 heterocycles. The molecule has 3 aliphatic rings. The fourth-order valence-corrected chi connectivity index (χ4v) is 5.80. The monoisotopic (exact) mass is 511 g/mol. The van der Waals surface area contributed by atoms with E-state index >= 15 is 4.39 Å². The number of fused-ring (bicyclic) bond motifs is 1. The molecule has 1 saturated carbocycles. The fraction of sp³-hybridized carbons (Fsp3) is 0.560. The number of tetrazole rings is 1. The number of hydrogen-bond donors (Lipinski definition) is 2. The number of nitrogens with zero attached hydrogens (tertiary/aromatic N) is 7. The molecule has 1 aliphatic carbocycles. The van der Waals surface area contributed by atoms with Gasteiger partial charge in [-0.25, -0.2) is 18.6 Å². The van der Waals surface area contributed by atoms with E-state index in [1.165, 1.54) is 19.2 Å². The van der Waals surface area contributed by atoms with Gasteiger partial charge < -0.3 is 10.6 Å². The molecule has 2 saturated heterocycles. The second-order valence-corrected chi connectivity index (χ2v) is 11.0. The van der Waals surface area contributed by atoms with Crippen molar-refractivity contribution in [2.75, 3.05) is 17.2 Å². The van der Waals surface area contributed by atoms with Gasteiger partial charge in [-0.2, -0.15) is 14.3 Å². The van der Waals surface area contributed by atoms with Crippen molar-refractivity contribution in [3.63, 3.8) is 0 Å². The van der Waals surface area contributed by atoms with Crippen LogP contribution >= 0.6 is 0 Å². The van der Waals surface area contributed by atoms with Crippen LogP contribution in [0.3, 0.4) is 0 Å². The van der Waals surface area contributed by atoms with E-state index in [0.717, 1.165) is 60.6 Å². The molecule has 12 heteroatoms. The molecule has 37 heavy (non-hydrogen) atoms. The zero-order valence-electron chi connectivity index (χ0n) is 21.2. The molecule has 1 aromatic carbocycles. The Labute approximate surface area is 213 Å². The van der Waals surface area contributed by atoms with E-state index in [4.69, 9.17) is 0 Å². The number of aromatic nitrogens is 6. The minimum atomic E-state index is -0.559. The van der Waals surface area contributed by atoms with Crippen LogP contribution in [-0.2, 0) is 7.05 Å². The van der Waals surface area contributed by atoms with Crippen molar-refractivity contribution in [3.8, 4) is 5.69 Å². The first kappa shape index (κ1) is 24.0. The Bertz CT molecular complexity index is 1400. The van der Waals surface area contributed by atoms with Crippen molar-refractivity contribution in [1.29, 1.82) is 0 Å². The number of nitrogens with one attached hydrogen (secondary N) is 2. The summed E-state index contributed by atoms with van der Waals surface area (Å²) in [4.78, 5) is 23.4. The van der Waals surface area contributed by atoms with Gasteiger partial charge in [-0.3, -0.25) is 4.90 Å². The van der Waals surface area contributed by atoms with Gasteiger partial charge in [0.2, 0.25) is 5.95 Å². The van der Waals surface area contributed by atoms with Gasteiger partial charge in [0.25, 0.3) is 0 Å². The van der Waals surface area contributed by atoms with E-state index in [0.29, 0.717) is 17.3 Å². The van der Waals surface area contributed by atoms with Crippen LogP contribution in [0.1, 0.15) is 63.9 Å². The van der Waals surface area contributed by atoms with Gasteiger partial charge in [0.1, 0.15) is 5.82 Å². The molecule has 2 aliphatic heterocycles. The first-order valence-electron chi connectivity index (χ1n) is 12.9. The normalized spacial score (nSPS) is 23.2. The molecule has 6 rings (SSSR count). The zero-order chi connectivity index (χ0) is 25.9. The van der Waals surface area contributed by atoms with E-state index in [1.807, 2.05) is 0 Å². The van der Waals surface area contributed by atoms with E-state index in [2.05, 4.69) is 49.8 Å². The van der Waals surface area contributed by atoms with Gasteiger partial charge in [-0.1, -0.05) is 0 Å². The predicted octanol–water partition coefficient (Wildman–Crippen LogP) is 3.47. The van der Waals surface area contributed by atoms with Crippen LogP contribution in [0.2, 0.25) is 0 Å². The Balaban J connectivity index is 1.24. The van der Waals surface area contributed by atoms with Crippen molar-refractivity contribution in [2.45, 2.75) is 75.9 Å². The van der Waals surface area contributed by atoms with Gasteiger partial charge >= 0.3 is 5.69 Å². The topological polar surface area (TPSA) is 106 Å². The van der Waals surface area contributed by atoms with Crippen LogP contribution in [0.15, 0.2) is 23.1 Å². The van der Waals surface area contributed by atoms with E-state index in [9.17, 15) is 9.18 Å². The van der Waals surface area contributed by atoms with E-state index < -0.39 is 17.3 Å². The van der Waals surface area contributed by atoms with Crippen LogP contribution in [0.5, 0.6) is 0 Å². The highest BCUT2D eigenvalue weighted by molar-refractivity contribution is 5.62. The number of aryl methyl sites for hydroxylation is 1. The van der Waals surface area contributed by atoms with Crippen LogP contribution in [-0.4, -0.2) is 58.8 Å². The molecule has 1 unspecified atom stereocenters. The zero-order valence-corrected chi connectivity index (χ0v) is 21.2. The average Bonchev–Trinajstić information content (AvgIpc) is 3.60. The summed E-state index contributed by atoms with van der Waals surface area (Å²) in [5.74, 6) is -0.757.